The maximum atomic E-state index is 12.5. The molecule has 3 rings (SSSR count). The van der Waals surface area contributed by atoms with Crippen LogP contribution >= 0.6 is 11.3 Å². The Hall–Kier alpha value is -3.46. The number of carbonyl (C=O) groups is 2. The average molecular weight is 386 g/mol. The van der Waals surface area contributed by atoms with Crippen molar-refractivity contribution in [3.05, 3.63) is 80.1 Å². The summed E-state index contributed by atoms with van der Waals surface area (Å²) < 4.78 is 11.3. The molecule has 0 saturated heterocycles. The van der Waals surface area contributed by atoms with Gasteiger partial charge in [-0.3, -0.25) is 9.36 Å². The van der Waals surface area contributed by atoms with E-state index < -0.39 is 17.5 Å². The number of nitrogens with zero attached hydrogens (tertiary/aromatic N) is 2. The quantitative estimate of drug-likeness (QED) is 0.674. The molecule has 0 fully saturated rings. The number of carboxylic acid groups (broad SMARTS) is 1. The fraction of sp³-hybridized carbons (Fsp3) is 0.111. The van der Waals surface area contributed by atoms with Gasteiger partial charge in [0, 0.05) is 6.07 Å². The third kappa shape index (κ3) is 4.21. The molecule has 1 aromatic carbocycles. The highest BCUT2D eigenvalue weighted by Gasteiger charge is 2.13. The molecule has 0 spiro atoms. The molecule has 0 saturated carbocycles. The predicted molar refractivity (Wildman–Crippen MR) is 96.4 cm³/mol. The van der Waals surface area contributed by atoms with Gasteiger partial charge < -0.3 is 14.3 Å². The number of aromatic carboxylic acids is 1. The van der Waals surface area contributed by atoms with Crippen LogP contribution in [0.15, 0.2) is 62.9 Å². The molecule has 0 amide bonds. The minimum absolute atomic E-state index is 0.110. The monoisotopic (exact) mass is 386 g/mol. The minimum Gasteiger partial charge on any atom is -0.478 e. The van der Waals surface area contributed by atoms with Gasteiger partial charge in [0.1, 0.15) is 10.6 Å². The van der Waals surface area contributed by atoms with Crippen LogP contribution in [-0.4, -0.2) is 28.7 Å². The van der Waals surface area contributed by atoms with Crippen LogP contribution in [0, 0.1) is 0 Å². The molecule has 2 heterocycles. The number of carbonyl (C=O) groups excluding carboxylic acids is 1. The lowest BCUT2D eigenvalue weighted by Crippen LogP contribution is -2.32. The summed E-state index contributed by atoms with van der Waals surface area (Å²) in [5.74, 6) is -1.14. The van der Waals surface area contributed by atoms with Crippen LogP contribution in [0.1, 0.15) is 25.8 Å². The first kappa shape index (κ1) is 18.3. The largest absolute Gasteiger partial charge is 0.478 e. The Balaban J connectivity index is 2.14. The average Bonchev–Trinajstić information content (AvgIpc) is 3.17. The third-order valence-electron chi connectivity index (χ3n) is 3.57. The summed E-state index contributed by atoms with van der Waals surface area (Å²) in [6.07, 6.45) is 1.49. The van der Waals surface area contributed by atoms with Crippen LogP contribution in [0.25, 0.3) is 0 Å². The van der Waals surface area contributed by atoms with E-state index in [4.69, 9.17) is 9.52 Å². The maximum absolute atomic E-state index is 12.5. The highest BCUT2D eigenvalue weighted by atomic mass is 32.1. The number of furan rings is 1. The van der Waals surface area contributed by atoms with Crippen LogP contribution in [0.2, 0.25) is 0 Å². The standard InChI is InChI=1S/C18H14N2O6S/c1-25-17(24)14-9-15(21)20(10-13-3-2-8-26-13)18(27-14)19-12-6-4-11(5-7-12)16(22)23/h2-9H,10H2,1H3,(H,22,23). The van der Waals surface area contributed by atoms with Crippen molar-refractivity contribution in [3.8, 4) is 0 Å². The molecule has 8 nitrogen and oxygen atoms in total. The van der Waals surface area contributed by atoms with Crippen LogP contribution in [0.3, 0.4) is 0 Å². The summed E-state index contributed by atoms with van der Waals surface area (Å²) >= 11 is 0.987. The lowest BCUT2D eigenvalue weighted by molar-refractivity contribution is 0.0604. The molecule has 0 radical (unpaired) electrons. The summed E-state index contributed by atoms with van der Waals surface area (Å²) in [6, 6.07) is 10.5. The van der Waals surface area contributed by atoms with Crippen molar-refractivity contribution >= 4 is 29.0 Å². The molecule has 0 unspecified atom stereocenters. The Morgan fingerprint density at radius 2 is 2.00 bits per heavy atom. The number of esters is 1. The smallest absolute Gasteiger partial charge is 0.348 e. The zero-order valence-corrected chi connectivity index (χ0v) is 14.9. The number of benzene rings is 1. The first-order valence-corrected chi connectivity index (χ1v) is 8.53. The highest BCUT2D eigenvalue weighted by molar-refractivity contribution is 7.11. The van der Waals surface area contributed by atoms with Gasteiger partial charge in [0.15, 0.2) is 4.80 Å². The van der Waals surface area contributed by atoms with Crippen LogP contribution in [-0.2, 0) is 11.3 Å². The van der Waals surface area contributed by atoms with Crippen LogP contribution < -0.4 is 10.4 Å². The van der Waals surface area contributed by atoms with E-state index in [1.54, 1.807) is 12.1 Å². The highest BCUT2D eigenvalue weighted by Crippen LogP contribution is 2.13. The predicted octanol–water partition coefficient (Wildman–Crippen LogP) is 2.27. The van der Waals surface area contributed by atoms with E-state index in [1.807, 2.05) is 0 Å². The number of methoxy groups -OCH3 is 1. The first-order chi connectivity index (χ1) is 13.0. The van der Waals surface area contributed by atoms with Gasteiger partial charge in [-0.15, -0.1) is 0 Å². The zero-order valence-electron chi connectivity index (χ0n) is 14.1. The van der Waals surface area contributed by atoms with Gasteiger partial charge in [0.2, 0.25) is 0 Å². The molecule has 2 aromatic heterocycles. The number of hydrogen-bond acceptors (Lipinski definition) is 7. The molecule has 0 aliphatic carbocycles. The summed E-state index contributed by atoms with van der Waals surface area (Å²) in [5, 5.41) is 8.98. The number of aromatic nitrogens is 1. The molecule has 0 bridgehead atoms. The molecule has 138 valence electrons. The first-order valence-electron chi connectivity index (χ1n) is 7.71. The van der Waals surface area contributed by atoms with E-state index >= 15 is 0 Å². The van der Waals surface area contributed by atoms with Gasteiger partial charge in [-0.05, 0) is 36.4 Å². The molecule has 27 heavy (non-hydrogen) atoms. The van der Waals surface area contributed by atoms with E-state index in [0.717, 1.165) is 11.3 Å². The Kier molecular flexibility index (Phi) is 5.32. The van der Waals surface area contributed by atoms with Crippen LogP contribution in [0.5, 0.6) is 0 Å². The summed E-state index contributed by atoms with van der Waals surface area (Å²) in [4.78, 5) is 40.1. The van der Waals surface area contributed by atoms with Crippen molar-refractivity contribution in [1.82, 2.24) is 4.57 Å². The van der Waals surface area contributed by atoms with Crippen molar-refractivity contribution < 1.29 is 23.8 Å². The fourth-order valence-electron chi connectivity index (χ4n) is 2.24. The zero-order chi connectivity index (χ0) is 19.4. The molecule has 3 aromatic rings. The fourth-order valence-corrected chi connectivity index (χ4v) is 3.18. The Morgan fingerprint density at radius 3 is 2.59 bits per heavy atom. The summed E-state index contributed by atoms with van der Waals surface area (Å²) in [6.45, 7) is 0.135. The second-order valence-corrected chi connectivity index (χ2v) is 6.36. The Morgan fingerprint density at radius 1 is 1.26 bits per heavy atom. The van der Waals surface area contributed by atoms with Crippen LogP contribution in [0.4, 0.5) is 5.69 Å². The van der Waals surface area contributed by atoms with E-state index in [-0.39, 0.29) is 21.8 Å². The molecular weight excluding hydrogens is 372 g/mol. The van der Waals surface area contributed by atoms with Gasteiger partial charge in [-0.2, -0.15) is 0 Å². The van der Waals surface area contributed by atoms with Gasteiger partial charge in [0.25, 0.3) is 5.56 Å². The van der Waals surface area contributed by atoms with Crippen molar-refractivity contribution in [1.29, 1.82) is 0 Å². The number of hydrogen-bond donors (Lipinski definition) is 1. The van der Waals surface area contributed by atoms with Crippen molar-refractivity contribution in [2.24, 2.45) is 4.99 Å². The Labute approximate surface area is 156 Å². The second-order valence-electron chi connectivity index (χ2n) is 5.35. The lowest BCUT2D eigenvalue weighted by atomic mass is 10.2. The lowest BCUT2D eigenvalue weighted by Gasteiger charge is -2.06. The molecule has 9 heteroatoms. The van der Waals surface area contributed by atoms with Crippen molar-refractivity contribution in [2.75, 3.05) is 7.11 Å². The van der Waals surface area contributed by atoms with Gasteiger partial charge in [-0.25, -0.2) is 14.6 Å². The van der Waals surface area contributed by atoms with Gasteiger partial charge >= 0.3 is 11.9 Å². The van der Waals surface area contributed by atoms with Crippen molar-refractivity contribution in [3.63, 3.8) is 0 Å². The minimum atomic E-state index is -1.05. The summed E-state index contributed by atoms with van der Waals surface area (Å²) in [5.41, 5.74) is 0.117. The molecule has 1 N–H and O–H groups in total. The molecule has 0 aliphatic rings. The van der Waals surface area contributed by atoms with E-state index in [2.05, 4.69) is 9.73 Å². The topological polar surface area (TPSA) is 111 Å². The molecular formula is C18H14N2O6S. The number of carboxylic acids is 1. The second kappa shape index (κ2) is 7.83. The normalized spacial score (nSPS) is 11.4. The maximum Gasteiger partial charge on any atom is 0.348 e. The number of ether oxygens (including phenoxy) is 1. The number of rotatable bonds is 5. The SMILES string of the molecule is COC(=O)c1cc(=O)n(Cc2ccco2)c(=Nc2ccc(C(=O)O)cc2)s1. The molecule has 0 atom stereocenters. The van der Waals surface area contributed by atoms with Crippen molar-refractivity contribution in [2.45, 2.75) is 6.54 Å². The Bertz CT molecular complexity index is 1090. The molecule has 0 aliphatic heterocycles. The van der Waals surface area contributed by atoms with Gasteiger partial charge in [0.05, 0.1) is 31.2 Å². The van der Waals surface area contributed by atoms with E-state index in [9.17, 15) is 14.4 Å². The van der Waals surface area contributed by atoms with Gasteiger partial charge in [-0.1, -0.05) is 11.3 Å². The van der Waals surface area contributed by atoms with E-state index in [1.165, 1.54) is 48.3 Å². The van der Waals surface area contributed by atoms with E-state index in [0.29, 0.717) is 11.4 Å². The third-order valence-corrected chi connectivity index (χ3v) is 4.57. The summed E-state index contributed by atoms with van der Waals surface area (Å²) in [7, 11) is 1.23.